The van der Waals surface area contributed by atoms with Gasteiger partial charge in [-0.25, -0.2) is 4.57 Å². The standard InChI is InChI=1S/C18H28N.C12H21Cl.C6H7N.HI/c1-3-4-5-6-7-8-9-10-11-12-15-19-16-13-14-18(2)17-19;1-2-3-4-5-6-7-8-9-10-11-12-13;1-6-3-2-4-7-5-6;/h13-14,16-17H,3-5,8-12,15H2,1-2H3;2-4,7-12H2,1H3;2-5H,1H3;1H/q+1;;;/p-1. The van der Waals surface area contributed by atoms with Crippen molar-refractivity contribution in [2.75, 3.05) is 5.88 Å². The van der Waals surface area contributed by atoms with Gasteiger partial charge in [0, 0.05) is 62.0 Å². The van der Waals surface area contributed by atoms with Crippen LogP contribution >= 0.6 is 11.6 Å². The third-order valence-corrected chi connectivity index (χ3v) is 6.30. The van der Waals surface area contributed by atoms with Crippen LogP contribution in [0.3, 0.4) is 0 Å². The Morgan fingerprint density at radius 1 is 0.675 bits per heavy atom. The third kappa shape index (κ3) is 31.0. The molecule has 0 aliphatic heterocycles. The molecule has 4 heteroatoms. The van der Waals surface area contributed by atoms with E-state index in [9.17, 15) is 0 Å². The summed E-state index contributed by atoms with van der Waals surface area (Å²) in [4.78, 5) is 3.88. The fourth-order valence-corrected chi connectivity index (χ4v) is 3.84. The smallest absolute Gasteiger partial charge is 0.171 e. The summed E-state index contributed by atoms with van der Waals surface area (Å²) in [6, 6.07) is 8.22. The number of rotatable bonds is 15. The maximum absolute atomic E-state index is 5.57. The molecular weight excluding hydrogens is 623 g/mol. The lowest BCUT2D eigenvalue weighted by atomic mass is 10.1. The van der Waals surface area contributed by atoms with Crippen molar-refractivity contribution in [3.63, 3.8) is 0 Å². The van der Waals surface area contributed by atoms with Crippen LogP contribution in [0.1, 0.15) is 128 Å². The summed E-state index contributed by atoms with van der Waals surface area (Å²) in [6.07, 6.45) is 27.4. The summed E-state index contributed by atoms with van der Waals surface area (Å²) >= 11 is 5.57. The van der Waals surface area contributed by atoms with Crippen LogP contribution in [0.2, 0.25) is 0 Å². The van der Waals surface area contributed by atoms with E-state index >= 15 is 0 Å². The maximum atomic E-state index is 5.57. The van der Waals surface area contributed by atoms with Crippen LogP contribution in [-0.4, -0.2) is 10.9 Å². The number of pyridine rings is 2. The van der Waals surface area contributed by atoms with Crippen molar-refractivity contribution < 1.29 is 28.5 Å². The van der Waals surface area contributed by atoms with Gasteiger partial charge in [-0.2, -0.15) is 0 Å². The number of hydrogen-bond donors (Lipinski definition) is 0. The van der Waals surface area contributed by atoms with Crippen molar-refractivity contribution in [3.05, 3.63) is 60.2 Å². The summed E-state index contributed by atoms with van der Waals surface area (Å²) in [7, 11) is 0. The molecule has 0 saturated heterocycles. The lowest BCUT2D eigenvalue weighted by Gasteiger charge is -1.98. The van der Waals surface area contributed by atoms with Gasteiger partial charge in [0.25, 0.3) is 0 Å². The molecule has 0 fully saturated rings. The van der Waals surface area contributed by atoms with Crippen LogP contribution in [0.25, 0.3) is 0 Å². The largest absolute Gasteiger partial charge is 1.00 e. The van der Waals surface area contributed by atoms with Gasteiger partial charge in [0.1, 0.15) is 6.54 Å². The molecule has 0 saturated carbocycles. The topological polar surface area (TPSA) is 16.8 Å². The van der Waals surface area contributed by atoms with Gasteiger partial charge < -0.3 is 24.0 Å². The first-order valence-electron chi connectivity index (χ1n) is 15.4. The molecule has 0 unspecified atom stereocenters. The molecule has 0 aliphatic carbocycles. The number of aryl methyl sites for hydroxylation is 3. The molecule has 0 atom stereocenters. The Hall–Kier alpha value is -1.56. The van der Waals surface area contributed by atoms with E-state index in [1.54, 1.807) is 6.20 Å². The first kappa shape index (κ1) is 40.6. The monoisotopic (exact) mass is 678 g/mol. The number of alkyl halides is 1. The van der Waals surface area contributed by atoms with Crippen molar-refractivity contribution in [1.82, 2.24) is 4.98 Å². The van der Waals surface area contributed by atoms with E-state index in [4.69, 9.17) is 11.6 Å². The van der Waals surface area contributed by atoms with Gasteiger partial charge >= 0.3 is 0 Å². The van der Waals surface area contributed by atoms with Gasteiger partial charge in [-0.05, 0) is 70.1 Å². The number of nitrogens with zero attached hydrogens (tertiary/aromatic N) is 2. The molecule has 0 aromatic carbocycles. The molecule has 0 aliphatic rings. The van der Waals surface area contributed by atoms with E-state index in [2.05, 4.69) is 78.5 Å². The highest BCUT2D eigenvalue weighted by atomic mass is 127. The lowest BCUT2D eigenvalue weighted by molar-refractivity contribution is -0.697. The van der Waals surface area contributed by atoms with Crippen LogP contribution in [0.15, 0.2) is 49.1 Å². The lowest BCUT2D eigenvalue weighted by Crippen LogP contribution is -3.00. The Kier molecular flexibility index (Phi) is 34.1. The summed E-state index contributed by atoms with van der Waals surface area (Å²) in [6.45, 7) is 9.73. The minimum atomic E-state index is 0. The Labute approximate surface area is 270 Å². The van der Waals surface area contributed by atoms with Gasteiger partial charge in [0.2, 0.25) is 0 Å². The molecule has 224 valence electrons. The molecule has 0 N–H and O–H groups in total. The predicted molar refractivity (Wildman–Crippen MR) is 172 cm³/mol. The second kappa shape index (κ2) is 33.6. The normalized spacial score (nSPS) is 9.32. The number of hydrogen-bond acceptors (Lipinski definition) is 1. The van der Waals surface area contributed by atoms with E-state index in [0.29, 0.717) is 0 Å². The molecule has 40 heavy (non-hydrogen) atoms. The Morgan fingerprint density at radius 2 is 1.20 bits per heavy atom. The van der Waals surface area contributed by atoms with E-state index in [-0.39, 0.29) is 24.0 Å². The number of aromatic nitrogens is 2. The van der Waals surface area contributed by atoms with Crippen molar-refractivity contribution in [1.29, 1.82) is 0 Å². The molecule has 0 radical (unpaired) electrons. The van der Waals surface area contributed by atoms with E-state index < -0.39 is 0 Å². The quantitative estimate of drug-likeness (QED) is 0.0641. The van der Waals surface area contributed by atoms with Gasteiger partial charge in [-0.1, -0.05) is 52.0 Å². The maximum Gasteiger partial charge on any atom is 0.171 e. The van der Waals surface area contributed by atoms with Gasteiger partial charge in [0.15, 0.2) is 12.4 Å². The minimum Gasteiger partial charge on any atom is -1.00 e. The minimum absolute atomic E-state index is 0. The van der Waals surface area contributed by atoms with Crippen molar-refractivity contribution in [2.24, 2.45) is 0 Å². The summed E-state index contributed by atoms with van der Waals surface area (Å²) in [5, 5.41) is 0. The Morgan fingerprint density at radius 3 is 1.65 bits per heavy atom. The number of unbranched alkanes of at least 4 members (excludes halogenated alkanes) is 12. The van der Waals surface area contributed by atoms with E-state index in [1.807, 2.05) is 25.3 Å². The van der Waals surface area contributed by atoms with Crippen LogP contribution in [-0.2, 0) is 6.54 Å². The Balaban J connectivity index is 0. The fourth-order valence-electron chi connectivity index (χ4n) is 3.65. The molecule has 0 bridgehead atoms. The van der Waals surface area contributed by atoms with Crippen molar-refractivity contribution in [2.45, 2.75) is 137 Å². The summed E-state index contributed by atoms with van der Waals surface area (Å²) < 4.78 is 2.29. The second-order valence-electron chi connectivity index (χ2n) is 10.1. The highest BCUT2D eigenvalue weighted by Crippen LogP contribution is 2.04. The van der Waals surface area contributed by atoms with Gasteiger partial charge in [-0.15, -0.1) is 35.3 Å². The summed E-state index contributed by atoms with van der Waals surface area (Å²) in [5.74, 6) is 13.8. The summed E-state index contributed by atoms with van der Waals surface area (Å²) in [5.41, 5.74) is 2.55. The van der Waals surface area contributed by atoms with Crippen LogP contribution in [0.5, 0.6) is 0 Å². The molecular formula is C36H56ClIN2. The molecule has 2 heterocycles. The van der Waals surface area contributed by atoms with Gasteiger partial charge in [-0.3, -0.25) is 4.98 Å². The SMILES string of the molecule is CCCCC#CCCCCCCCl.CCCCC#CCCCCCC[n+]1cccc(C)c1.Cc1cccnc1.[I-]. The zero-order valence-electron chi connectivity index (χ0n) is 26.0. The highest BCUT2D eigenvalue weighted by Gasteiger charge is 1.99. The number of halogens is 2. The molecule has 2 nitrogen and oxygen atoms in total. The molecule has 2 aromatic rings. The molecule has 0 amide bonds. The van der Waals surface area contributed by atoms with Gasteiger partial charge in [0.05, 0.1) is 0 Å². The van der Waals surface area contributed by atoms with Crippen LogP contribution in [0, 0.1) is 37.5 Å². The van der Waals surface area contributed by atoms with Crippen LogP contribution in [0.4, 0.5) is 0 Å². The predicted octanol–water partition coefficient (Wildman–Crippen LogP) is 7.19. The van der Waals surface area contributed by atoms with Crippen LogP contribution < -0.4 is 28.5 Å². The molecule has 2 rings (SSSR count). The second-order valence-corrected chi connectivity index (χ2v) is 10.5. The third-order valence-electron chi connectivity index (χ3n) is 6.03. The van der Waals surface area contributed by atoms with E-state index in [1.165, 1.54) is 81.8 Å². The Bertz CT molecular complexity index is 909. The van der Waals surface area contributed by atoms with E-state index in [0.717, 1.165) is 44.5 Å². The van der Waals surface area contributed by atoms with Crippen molar-refractivity contribution >= 4 is 11.6 Å². The average Bonchev–Trinajstić information content (AvgIpc) is 2.94. The first-order chi connectivity index (χ1) is 19.1. The highest BCUT2D eigenvalue weighted by molar-refractivity contribution is 6.17. The molecule has 2 aromatic heterocycles. The fraction of sp³-hybridized carbons (Fsp3) is 0.611. The zero-order valence-corrected chi connectivity index (χ0v) is 28.9. The van der Waals surface area contributed by atoms with Crippen molar-refractivity contribution in [3.8, 4) is 23.7 Å². The zero-order chi connectivity index (χ0) is 28.7. The first-order valence-corrected chi connectivity index (χ1v) is 16.0. The molecule has 0 spiro atoms. The average molecular weight is 679 g/mol.